The predicted molar refractivity (Wildman–Crippen MR) is 126 cm³/mol. The molecule has 0 fully saturated rings. The maximum absolute atomic E-state index is 13.4. The molecule has 35 heavy (non-hydrogen) atoms. The summed E-state index contributed by atoms with van der Waals surface area (Å²) >= 11 is 3.19. The fraction of sp³-hybridized carbons (Fsp3) is 0.217. The second kappa shape index (κ2) is 9.86. The molecule has 0 aliphatic rings. The number of aromatic hydroxyl groups is 1. The summed E-state index contributed by atoms with van der Waals surface area (Å²) in [5.74, 6) is -7.35. The summed E-state index contributed by atoms with van der Waals surface area (Å²) in [5.41, 5.74) is -0.987. The smallest absolute Gasteiger partial charge is 0.451 e. The van der Waals surface area contributed by atoms with Crippen LogP contribution in [0.5, 0.6) is 5.75 Å². The van der Waals surface area contributed by atoms with Crippen molar-refractivity contribution in [1.82, 2.24) is 0 Å². The van der Waals surface area contributed by atoms with Gasteiger partial charge >= 0.3 is 12.1 Å². The number of phenolic OH excluding ortho intramolecular Hbond substituents is 1. The number of ketones is 1. The summed E-state index contributed by atoms with van der Waals surface area (Å²) in [6, 6.07) is 12.1. The van der Waals surface area contributed by atoms with Gasteiger partial charge in [0.1, 0.15) is 5.75 Å². The summed E-state index contributed by atoms with van der Waals surface area (Å²) in [4.78, 5) is 24.7. The lowest BCUT2D eigenvalue weighted by Crippen LogP contribution is -2.35. The summed E-state index contributed by atoms with van der Waals surface area (Å²) in [6.07, 6.45) is -6.29. The lowest BCUT2D eigenvalue weighted by Gasteiger charge is -2.21. The molecule has 0 heterocycles. The summed E-state index contributed by atoms with van der Waals surface area (Å²) in [7, 11) is -4.24. The van der Waals surface area contributed by atoms with Crippen LogP contribution in [0.1, 0.15) is 25.3 Å². The van der Waals surface area contributed by atoms with Crippen LogP contribution in [-0.4, -0.2) is 37.6 Å². The van der Waals surface area contributed by atoms with Crippen LogP contribution >= 0.6 is 15.9 Å². The molecule has 0 saturated carbocycles. The van der Waals surface area contributed by atoms with Gasteiger partial charge in [-0.3, -0.25) is 14.3 Å². The summed E-state index contributed by atoms with van der Waals surface area (Å²) in [5, 5.41) is 10.8. The van der Waals surface area contributed by atoms with Gasteiger partial charge in [0.05, 0.1) is 16.7 Å². The Balaban J connectivity index is 2.24. The van der Waals surface area contributed by atoms with E-state index >= 15 is 0 Å². The minimum atomic E-state index is -5.43. The number of esters is 1. The van der Waals surface area contributed by atoms with Crippen molar-refractivity contribution in [2.24, 2.45) is 0 Å². The number of hydrogen-bond acceptors (Lipinski definition) is 6. The molecule has 1 atom stereocenters. The zero-order chi connectivity index (χ0) is 26.1. The molecule has 0 spiro atoms. The van der Waals surface area contributed by atoms with Gasteiger partial charge in [-0.2, -0.15) is 13.2 Å². The lowest BCUT2D eigenvalue weighted by atomic mass is 9.90. The number of ether oxygens (including phenoxy) is 1. The van der Waals surface area contributed by atoms with Crippen molar-refractivity contribution in [2.45, 2.75) is 36.9 Å². The minimum absolute atomic E-state index is 0.0733. The SMILES string of the molecule is CC(C)OC(=O)[C@@H](C(=O)C(F)(F)F)c1cc(NS(=O)(=O)c2ccc(Br)cc2)c2ccccc2c1O. The molecule has 0 saturated heterocycles. The average Bonchev–Trinajstić information content (AvgIpc) is 2.76. The van der Waals surface area contributed by atoms with Gasteiger partial charge in [-0.1, -0.05) is 40.2 Å². The maximum Gasteiger partial charge on any atom is 0.451 e. The van der Waals surface area contributed by atoms with Crippen LogP contribution in [0.3, 0.4) is 0 Å². The Kier molecular flexibility index (Phi) is 7.46. The highest BCUT2D eigenvalue weighted by atomic mass is 79.9. The van der Waals surface area contributed by atoms with Crippen molar-refractivity contribution in [3.63, 3.8) is 0 Å². The number of sulfonamides is 1. The first-order valence-corrected chi connectivity index (χ1v) is 12.3. The number of hydrogen-bond donors (Lipinski definition) is 2. The second-order valence-corrected chi connectivity index (χ2v) is 10.3. The molecule has 0 aromatic heterocycles. The average molecular weight is 574 g/mol. The number of carbonyl (C=O) groups is 2. The molecule has 2 N–H and O–H groups in total. The lowest BCUT2D eigenvalue weighted by molar-refractivity contribution is -0.178. The van der Waals surface area contributed by atoms with Crippen LogP contribution in [0.2, 0.25) is 0 Å². The Hall–Kier alpha value is -3.12. The van der Waals surface area contributed by atoms with Gasteiger partial charge < -0.3 is 9.84 Å². The molecular weight excluding hydrogens is 555 g/mol. The highest BCUT2D eigenvalue weighted by Gasteiger charge is 2.49. The van der Waals surface area contributed by atoms with E-state index in [2.05, 4.69) is 20.7 Å². The number of halogens is 4. The molecule has 0 amide bonds. The first-order chi connectivity index (χ1) is 16.2. The number of anilines is 1. The molecule has 0 aliphatic heterocycles. The monoisotopic (exact) mass is 573 g/mol. The minimum Gasteiger partial charge on any atom is -0.507 e. The number of alkyl halides is 3. The number of rotatable bonds is 7. The van der Waals surface area contributed by atoms with E-state index in [1.165, 1.54) is 62.4 Å². The number of carbonyl (C=O) groups excluding carboxylic acids is 2. The third-order valence-corrected chi connectivity index (χ3v) is 6.76. The Bertz CT molecular complexity index is 1390. The van der Waals surface area contributed by atoms with E-state index in [4.69, 9.17) is 4.74 Å². The fourth-order valence-electron chi connectivity index (χ4n) is 3.34. The van der Waals surface area contributed by atoms with E-state index < -0.39 is 51.3 Å². The molecule has 186 valence electrons. The summed E-state index contributed by atoms with van der Waals surface area (Å²) < 4.78 is 73.9. The van der Waals surface area contributed by atoms with Crippen LogP contribution < -0.4 is 4.72 Å². The molecule has 0 radical (unpaired) electrons. The molecule has 7 nitrogen and oxygen atoms in total. The van der Waals surface area contributed by atoms with E-state index in [-0.39, 0.29) is 21.4 Å². The Labute approximate surface area is 207 Å². The van der Waals surface area contributed by atoms with E-state index in [1.54, 1.807) is 0 Å². The van der Waals surface area contributed by atoms with Gasteiger partial charge in [0.15, 0.2) is 5.92 Å². The van der Waals surface area contributed by atoms with Gasteiger partial charge in [0.25, 0.3) is 15.8 Å². The zero-order valence-corrected chi connectivity index (χ0v) is 20.7. The van der Waals surface area contributed by atoms with Crippen LogP contribution in [0.15, 0.2) is 64.0 Å². The largest absolute Gasteiger partial charge is 0.507 e. The second-order valence-electron chi connectivity index (χ2n) is 7.75. The van der Waals surface area contributed by atoms with Crippen molar-refractivity contribution in [3.8, 4) is 5.75 Å². The zero-order valence-electron chi connectivity index (χ0n) is 18.3. The molecule has 0 unspecified atom stereocenters. The van der Waals surface area contributed by atoms with E-state index in [1.807, 2.05) is 0 Å². The molecule has 0 bridgehead atoms. The van der Waals surface area contributed by atoms with Crippen LogP contribution in [-0.2, 0) is 24.3 Å². The van der Waals surface area contributed by atoms with E-state index in [0.717, 1.165) is 6.07 Å². The van der Waals surface area contributed by atoms with Crippen LogP contribution in [0.25, 0.3) is 10.8 Å². The van der Waals surface area contributed by atoms with Crippen molar-refractivity contribution < 1.29 is 41.0 Å². The number of benzene rings is 3. The van der Waals surface area contributed by atoms with Gasteiger partial charge in [-0.25, -0.2) is 8.42 Å². The first kappa shape index (κ1) is 26.5. The Morgan fingerprint density at radius 2 is 1.60 bits per heavy atom. The number of phenols is 1. The number of nitrogens with one attached hydrogen (secondary N) is 1. The van der Waals surface area contributed by atoms with Crippen LogP contribution in [0, 0.1) is 0 Å². The normalized spacial score (nSPS) is 13.0. The van der Waals surface area contributed by atoms with Crippen LogP contribution in [0.4, 0.5) is 18.9 Å². The maximum atomic E-state index is 13.4. The predicted octanol–water partition coefficient (Wildman–Crippen LogP) is 5.28. The Morgan fingerprint density at radius 1 is 1.03 bits per heavy atom. The Morgan fingerprint density at radius 3 is 2.14 bits per heavy atom. The topological polar surface area (TPSA) is 110 Å². The van der Waals surface area contributed by atoms with Gasteiger partial charge in [-0.15, -0.1) is 0 Å². The molecule has 12 heteroatoms. The standard InChI is InChI=1S/C23H19BrF3NO6S/c1-12(2)34-22(31)19(21(30)23(25,26)27)17-11-18(15-5-3-4-6-16(15)20(17)29)28-35(32,33)14-9-7-13(24)8-10-14/h3-12,19,28-29H,1-2H3/t19-/m1/s1. The molecule has 3 aromatic carbocycles. The number of Topliss-reactive ketones (excluding diaryl/α,β-unsaturated/α-hetero) is 1. The highest BCUT2D eigenvalue weighted by Crippen LogP contribution is 2.41. The molecular formula is C23H19BrF3NO6S. The first-order valence-electron chi connectivity index (χ1n) is 10.1. The van der Waals surface area contributed by atoms with Gasteiger partial charge in [-0.05, 0) is 44.2 Å². The van der Waals surface area contributed by atoms with Crippen molar-refractivity contribution in [2.75, 3.05) is 4.72 Å². The van der Waals surface area contributed by atoms with Gasteiger partial charge in [0, 0.05) is 20.8 Å². The highest BCUT2D eigenvalue weighted by molar-refractivity contribution is 9.10. The van der Waals surface area contributed by atoms with E-state index in [0.29, 0.717) is 4.47 Å². The molecule has 3 rings (SSSR count). The van der Waals surface area contributed by atoms with Gasteiger partial charge in [0.2, 0.25) is 0 Å². The van der Waals surface area contributed by atoms with Crippen molar-refractivity contribution in [1.29, 1.82) is 0 Å². The fourth-order valence-corrected chi connectivity index (χ4v) is 4.68. The quantitative estimate of drug-likeness (QED) is 0.226. The van der Waals surface area contributed by atoms with Crippen molar-refractivity contribution in [3.05, 3.63) is 64.6 Å². The third kappa shape index (κ3) is 5.76. The molecule has 0 aliphatic carbocycles. The summed E-state index contributed by atoms with van der Waals surface area (Å²) in [6.45, 7) is 2.76. The van der Waals surface area contributed by atoms with E-state index in [9.17, 15) is 36.3 Å². The molecule has 3 aromatic rings. The van der Waals surface area contributed by atoms with Crippen molar-refractivity contribution >= 4 is 54.2 Å². The number of fused-ring (bicyclic) bond motifs is 1. The third-order valence-electron chi connectivity index (χ3n) is 4.85.